The molecule has 0 bridgehead atoms. The Morgan fingerprint density at radius 3 is 0.828 bits per heavy atom. The van der Waals surface area contributed by atoms with Crippen molar-refractivity contribution in [1.82, 2.24) is 0 Å². The highest BCUT2D eigenvalue weighted by Gasteiger charge is 2.26. The summed E-state index contributed by atoms with van der Waals surface area (Å²) in [4.78, 5) is 0. The number of hydrogen-bond acceptors (Lipinski definition) is 0. The van der Waals surface area contributed by atoms with Gasteiger partial charge in [0.25, 0.3) is 0 Å². The number of aryl methyl sites for hydroxylation is 3. The van der Waals surface area contributed by atoms with Crippen molar-refractivity contribution in [2.24, 2.45) is 0 Å². The lowest BCUT2D eigenvalue weighted by Crippen LogP contribution is -2.29. The average molecular weight is 894 g/mol. The third kappa shape index (κ3) is 23.7. The van der Waals surface area contributed by atoms with Gasteiger partial charge in [0, 0.05) is 0 Å². The fourth-order valence-corrected chi connectivity index (χ4v) is 13.4. The number of benzene rings is 3. The number of unbranched alkanes of at least 4 members (excludes halogenated alkanes) is 30. The Balaban J connectivity index is 2.11. The summed E-state index contributed by atoms with van der Waals surface area (Å²) in [6.45, 7) is 11.7. The highest BCUT2D eigenvalue weighted by Crippen LogP contribution is 2.40. The summed E-state index contributed by atoms with van der Waals surface area (Å²) in [5.41, 5.74) is 8.50. The van der Waals surface area contributed by atoms with Crippen LogP contribution in [0, 0.1) is 0 Å². The summed E-state index contributed by atoms with van der Waals surface area (Å²) in [6, 6.07) is 25.3. The molecule has 0 radical (unpaired) electrons. The van der Waals surface area contributed by atoms with E-state index >= 15 is 0 Å². The maximum absolute atomic E-state index is 2.64. The van der Waals surface area contributed by atoms with Crippen LogP contribution in [0.2, 0.25) is 0 Å². The Morgan fingerprint density at radius 1 is 0.234 bits per heavy atom. The van der Waals surface area contributed by atoms with Crippen LogP contribution in [0.1, 0.15) is 287 Å². The molecule has 0 aliphatic rings. The van der Waals surface area contributed by atoms with Gasteiger partial charge in [0.05, 0.1) is 0 Å². The minimum Gasteiger partial charge on any atom is -0.0654 e. The van der Waals surface area contributed by atoms with Crippen LogP contribution < -0.4 is 15.9 Å². The molecule has 0 aliphatic carbocycles. The van der Waals surface area contributed by atoms with Crippen LogP contribution in [0.15, 0.2) is 60.7 Å². The smallest absolute Gasteiger partial charge is 0.0116 e. The quantitative estimate of drug-likeness (QED) is 0.0392. The van der Waals surface area contributed by atoms with E-state index in [0.29, 0.717) is 0 Å². The SMILES string of the molecule is CCCCCCCCCc1ccccc1P(c1cccc(CCCCCCCCC)c1CCCCCCCCC)c1cccc(CCCCCCCCC)c1CCCCCCCCC. The number of rotatable bonds is 43. The molecule has 0 atom stereocenters. The van der Waals surface area contributed by atoms with Crippen LogP contribution in [0.3, 0.4) is 0 Å². The molecule has 0 saturated heterocycles. The minimum atomic E-state index is -0.696. The molecule has 0 nitrogen and oxygen atoms in total. The van der Waals surface area contributed by atoms with E-state index in [0.717, 1.165) is 0 Å². The first-order chi connectivity index (χ1) is 31.7. The van der Waals surface area contributed by atoms with E-state index in [1.54, 1.807) is 43.7 Å². The fraction of sp³-hybridized carbons (Fsp3) is 0.714. The highest BCUT2D eigenvalue weighted by atomic mass is 31.1. The second-order valence-electron chi connectivity index (χ2n) is 20.2. The third-order valence-electron chi connectivity index (χ3n) is 14.4. The molecule has 0 aliphatic heterocycles. The molecule has 362 valence electrons. The molecule has 0 heterocycles. The van der Waals surface area contributed by atoms with Crippen LogP contribution in [0.25, 0.3) is 0 Å². The van der Waals surface area contributed by atoms with Gasteiger partial charge in [0.15, 0.2) is 0 Å². The van der Waals surface area contributed by atoms with E-state index in [2.05, 4.69) is 95.3 Å². The average Bonchev–Trinajstić information content (AvgIpc) is 3.31. The van der Waals surface area contributed by atoms with Gasteiger partial charge in [0.2, 0.25) is 0 Å². The van der Waals surface area contributed by atoms with E-state index in [9.17, 15) is 0 Å². The zero-order valence-corrected chi connectivity index (χ0v) is 44.4. The predicted octanol–water partition coefficient (Wildman–Crippen LogP) is 19.9. The van der Waals surface area contributed by atoms with Gasteiger partial charge in [-0.15, -0.1) is 0 Å². The molecule has 0 saturated carbocycles. The Labute approximate surface area is 401 Å². The number of hydrogen-bond donors (Lipinski definition) is 0. The molecule has 0 N–H and O–H groups in total. The molecule has 3 aromatic rings. The standard InChI is InChI=1S/C63H105P/c1-6-11-16-21-26-31-36-45-56-49-43-54-62(59(56)51-39-34-29-24-19-14-9-4)64(61-53-42-41-48-58(61)47-38-33-28-23-18-13-8-3)63-55-44-50-57(46-37-32-27-22-17-12-7-2)60(63)52-40-35-30-25-20-15-10-5/h41-44,48-50,53-55H,6-40,45-47,51-52H2,1-5H3. The fourth-order valence-electron chi connectivity index (χ4n) is 10.4. The maximum Gasteiger partial charge on any atom is -0.0116 e. The largest absolute Gasteiger partial charge is 0.0654 e. The Morgan fingerprint density at radius 2 is 0.484 bits per heavy atom. The van der Waals surface area contributed by atoms with Crippen LogP contribution >= 0.6 is 7.92 Å². The van der Waals surface area contributed by atoms with Crippen molar-refractivity contribution in [2.45, 2.75) is 291 Å². The molecule has 3 rings (SSSR count). The van der Waals surface area contributed by atoms with Gasteiger partial charge in [-0.2, -0.15) is 0 Å². The molecule has 1 heteroatoms. The molecular weight excluding hydrogens is 788 g/mol. The van der Waals surface area contributed by atoms with Gasteiger partial charge >= 0.3 is 0 Å². The van der Waals surface area contributed by atoms with Gasteiger partial charge in [-0.1, -0.05) is 288 Å². The van der Waals surface area contributed by atoms with Crippen LogP contribution in [-0.4, -0.2) is 0 Å². The maximum atomic E-state index is 2.64. The summed E-state index contributed by atoms with van der Waals surface area (Å²) in [5, 5.41) is 5.09. The lowest BCUT2D eigenvalue weighted by Gasteiger charge is -2.29. The Hall–Kier alpha value is -1.91. The summed E-state index contributed by atoms with van der Waals surface area (Å²) in [7, 11) is -0.696. The normalized spacial score (nSPS) is 11.7. The van der Waals surface area contributed by atoms with Gasteiger partial charge in [-0.05, 0) is 116 Å². The summed E-state index contributed by atoms with van der Waals surface area (Å²) in [5.74, 6) is 0. The minimum absolute atomic E-state index is 0.696. The van der Waals surface area contributed by atoms with E-state index in [4.69, 9.17) is 0 Å². The first-order valence-electron chi connectivity index (χ1n) is 28.8. The van der Waals surface area contributed by atoms with Crippen molar-refractivity contribution < 1.29 is 0 Å². The van der Waals surface area contributed by atoms with Crippen LogP contribution in [-0.2, 0) is 32.1 Å². The second kappa shape index (κ2) is 39.1. The zero-order valence-electron chi connectivity index (χ0n) is 43.5. The van der Waals surface area contributed by atoms with Crippen molar-refractivity contribution in [3.63, 3.8) is 0 Å². The lowest BCUT2D eigenvalue weighted by molar-refractivity contribution is 0.583. The van der Waals surface area contributed by atoms with Gasteiger partial charge < -0.3 is 0 Å². The van der Waals surface area contributed by atoms with Crippen molar-refractivity contribution in [1.29, 1.82) is 0 Å². The Kier molecular flexibility index (Phi) is 34.5. The van der Waals surface area contributed by atoms with Gasteiger partial charge in [-0.25, -0.2) is 0 Å². The molecule has 0 fully saturated rings. The first-order valence-corrected chi connectivity index (χ1v) is 30.1. The molecule has 0 unspecified atom stereocenters. The van der Waals surface area contributed by atoms with E-state index < -0.39 is 7.92 Å². The second-order valence-corrected chi connectivity index (χ2v) is 22.3. The predicted molar refractivity (Wildman–Crippen MR) is 294 cm³/mol. The van der Waals surface area contributed by atoms with Crippen LogP contribution in [0.4, 0.5) is 0 Å². The lowest BCUT2D eigenvalue weighted by atomic mass is 9.96. The summed E-state index contributed by atoms with van der Waals surface area (Å²) >= 11 is 0. The van der Waals surface area contributed by atoms with E-state index in [-0.39, 0.29) is 0 Å². The summed E-state index contributed by atoms with van der Waals surface area (Å²) in [6.07, 6.45) is 54.5. The monoisotopic (exact) mass is 893 g/mol. The van der Waals surface area contributed by atoms with Gasteiger partial charge in [-0.3, -0.25) is 0 Å². The zero-order chi connectivity index (χ0) is 45.6. The van der Waals surface area contributed by atoms with Crippen molar-refractivity contribution in [3.8, 4) is 0 Å². The van der Waals surface area contributed by atoms with Crippen molar-refractivity contribution in [3.05, 3.63) is 88.5 Å². The molecule has 64 heavy (non-hydrogen) atoms. The van der Waals surface area contributed by atoms with E-state index in [1.165, 1.54) is 257 Å². The molecule has 0 amide bonds. The first kappa shape index (κ1) is 56.4. The molecule has 0 aromatic heterocycles. The van der Waals surface area contributed by atoms with E-state index in [1.807, 2.05) is 0 Å². The summed E-state index contributed by atoms with van der Waals surface area (Å²) < 4.78 is 0. The van der Waals surface area contributed by atoms with Crippen molar-refractivity contribution >= 4 is 23.8 Å². The van der Waals surface area contributed by atoms with Crippen LogP contribution in [0.5, 0.6) is 0 Å². The Bertz CT molecular complexity index is 1430. The molecule has 0 spiro atoms. The van der Waals surface area contributed by atoms with Crippen molar-refractivity contribution in [2.75, 3.05) is 0 Å². The molecular formula is C63H105P. The molecule has 3 aromatic carbocycles. The topological polar surface area (TPSA) is 0 Å². The third-order valence-corrected chi connectivity index (χ3v) is 17.1. The highest BCUT2D eigenvalue weighted by molar-refractivity contribution is 7.80. The van der Waals surface area contributed by atoms with Gasteiger partial charge in [0.1, 0.15) is 0 Å².